The molecule has 0 saturated carbocycles. The summed E-state index contributed by atoms with van der Waals surface area (Å²) in [4.78, 5) is 0. The maximum Gasteiger partial charge on any atom is 0.0837 e. The third kappa shape index (κ3) is 3.56. The Kier molecular flexibility index (Phi) is 4.74. The Morgan fingerprint density at radius 3 is 2.89 bits per heavy atom. The van der Waals surface area contributed by atoms with Gasteiger partial charge < -0.3 is 10.1 Å². The van der Waals surface area contributed by atoms with Crippen LogP contribution in [0, 0.1) is 11.3 Å². The molecule has 0 aliphatic carbocycles. The number of nitriles is 1. The SMILES string of the molecule is CC1CC(NCC(C#N)c2ccccc2)CCO1. The third-order valence-corrected chi connectivity index (χ3v) is 3.45. The van der Waals surface area contributed by atoms with Crippen LogP contribution in [0.1, 0.15) is 31.2 Å². The van der Waals surface area contributed by atoms with E-state index >= 15 is 0 Å². The topological polar surface area (TPSA) is 45.0 Å². The van der Waals surface area contributed by atoms with E-state index in [-0.39, 0.29) is 5.92 Å². The van der Waals surface area contributed by atoms with E-state index in [9.17, 15) is 5.26 Å². The number of nitrogens with one attached hydrogen (secondary N) is 1. The van der Waals surface area contributed by atoms with Gasteiger partial charge in [-0.2, -0.15) is 5.26 Å². The van der Waals surface area contributed by atoms with Gasteiger partial charge in [-0.05, 0) is 25.3 Å². The first-order chi connectivity index (χ1) is 8.79. The minimum Gasteiger partial charge on any atom is -0.378 e. The maximum atomic E-state index is 9.25. The lowest BCUT2D eigenvalue weighted by Crippen LogP contribution is -2.39. The Morgan fingerprint density at radius 1 is 1.44 bits per heavy atom. The first kappa shape index (κ1) is 13.1. The van der Waals surface area contributed by atoms with Gasteiger partial charge in [-0.1, -0.05) is 30.3 Å². The van der Waals surface area contributed by atoms with Crippen molar-refractivity contribution in [1.29, 1.82) is 5.26 Å². The first-order valence-electron chi connectivity index (χ1n) is 6.59. The molecule has 1 heterocycles. The van der Waals surface area contributed by atoms with Gasteiger partial charge >= 0.3 is 0 Å². The number of ether oxygens (including phenoxy) is 1. The predicted octanol–water partition coefficient (Wildman–Crippen LogP) is 2.45. The van der Waals surface area contributed by atoms with Crippen LogP contribution in [0.15, 0.2) is 30.3 Å². The largest absolute Gasteiger partial charge is 0.378 e. The summed E-state index contributed by atoms with van der Waals surface area (Å²) in [6.07, 6.45) is 2.40. The van der Waals surface area contributed by atoms with E-state index in [1.54, 1.807) is 0 Å². The van der Waals surface area contributed by atoms with E-state index in [2.05, 4.69) is 18.3 Å². The van der Waals surface area contributed by atoms with Crippen LogP contribution in [0.3, 0.4) is 0 Å². The molecule has 3 nitrogen and oxygen atoms in total. The molecule has 0 spiro atoms. The van der Waals surface area contributed by atoms with Crippen LogP contribution in [-0.2, 0) is 4.74 Å². The van der Waals surface area contributed by atoms with Gasteiger partial charge in [-0.15, -0.1) is 0 Å². The quantitative estimate of drug-likeness (QED) is 0.885. The fourth-order valence-electron chi connectivity index (χ4n) is 2.39. The van der Waals surface area contributed by atoms with E-state index < -0.39 is 0 Å². The van der Waals surface area contributed by atoms with Gasteiger partial charge in [-0.3, -0.25) is 0 Å². The average molecular weight is 244 g/mol. The second-order valence-electron chi connectivity index (χ2n) is 4.90. The minimum absolute atomic E-state index is 0.0654. The molecule has 1 aliphatic heterocycles. The molecule has 0 amide bonds. The third-order valence-electron chi connectivity index (χ3n) is 3.45. The highest BCUT2D eigenvalue weighted by Crippen LogP contribution is 2.16. The highest BCUT2D eigenvalue weighted by Gasteiger charge is 2.20. The van der Waals surface area contributed by atoms with Crippen molar-refractivity contribution in [2.45, 2.75) is 37.8 Å². The Labute approximate surface area is 109 Å². The number of benzene rings is 1. The smallest absolute Gasteiger partial charge is 0.0837 e. The lowest BCUT2D eigenvalue weighted by molar-refractivity contribution is 0.0133. The molecule has 3 heteroatoms. The minimum atomic E-state index is -0.0654. The van der Waals surface area contributed by atoms with Crippen molar-refractivity contribution in [1.82, 2.24) is 5.32 Å². The lowest BCUT2D eigenvalue weighted by atomic mass is 9.99. The first-order valence-corrected chi connectivity index (χ1v) is 6.59. The van der Waals surface area contributed by atoms with Crippen LogP contribution >= 0.6 is 0 Å². The van der Waals surface area contributed by atoms with Crippen LogP contribution in [0.25, 0.3) is 0 Å². The summed E-state index contributed by atoms with van der Waals surface area (Å²) in [6, 6.07) is 12.8. The van der Waals surface area contributed by atoms with Crippen LogP contribution in [0.4, 0.5) is 0 Å². The molecule has 3 atom stereocenters. The zero-order valence-electron chi connectivity index (χ0n) is 10.8. The second kappa shape index (κ2) is 6.53. The number of nitrogens with zero attached hydrogens (tertiary/aromatic N) is 1. The summed E-state index contributed by atoms with van der Waals surface area (Å²) in [5.74, 6) is -0.0654. The van der Waals surface area contributed by atoms with Crippen molar-refractivity contribution in [2.75, 3.05) is 13.2 Å². The van der Waals surface area contributed by atoms with Gasteiger partial charge in [0.15, 0.2) is 0 Å². The molecule has 1 saturated heterocycles. The molecule has 1 aromatic carbocycles. The van der Waals surface area contributed by atoms with Crippen LogP contribution in [0.2, 0.25) is 0 Å². The summed E-state index contributed by atoms with van der Waals surface area (Å²) < 4.78 is 5.52. The number of rotatable bonds is 4. The fraction of sp³-hybridized carbons (Fsp3) is 0.533. The molecule has 2 rings (SSSR count). The predicted molar refractivity (Wildman–Crippen MR) is 71.2 cm³/mol. The van der Waals surface area contributed by atoms with E-state index in [1.807, 2.05) is 30.3 Å². The van der Waals surface area contributed by atoms with Crippen molar-refractivity contribution < 1.29 is 4.74 Å². The standard InChI is InChI=1S/C15H20N2O/c1-12-9-15(7-8-18-12)17-11-14(10-16)13-5-3-2-4-6-13/h2-6,12,14-15,17H,7-9,11H2,1H3. The van der Waals surface area contributed by atoms with E-state index in [1.165, 1.54) is 0 Å². The zero-order chi connectivity index (χ0) is 12.8. The summed E-state index contributed by atoms with van der Waals surface area (Å²) in [5.41, 5.74) is 1.09. The van der Waals surface area contributed by atoms with Gasteiger partial charge in [0, 0.05) is 19.2 Å². The number of hydrogen-bond donors (Lipinski definition) is 1. The van der Waals surface area contributed by atoms with Gasteiger partial charge in [0.2, 0.25) is 0 Å². The van der Waals surface area contributed by atoms with Gasteiger partial charge in [0.25, 0.3) is 0 Å². The van der Waals surface area contributed by atoms with Gasteiger partial charge in [-0.25, -0.2) is 0 Å². The average Bonchev–Trinajstić information content (AvgIpc) is 2.41. The number of hydrogen-bond acceptors (Lipinski definition) is 3. The summed E-state index contributed by atoms with van der Waals surface area (Å²) in [7, 11) is 0. The van der Waals surface area contributed by atoms with Crippen LogP contribution < -0.4 is 5.32 Å². The van der Waals surface area contributed by atoms with Crippen molar-refractivity contribution in [2.24, 2.45) is 0 Å². The molecular weight excluding hydrogens is 224 g/mol. The fourth-order valence-corrected chi connectivity index (χ4v) is 2.39. The molecule has 1 aliphatic rings. The van der Waals surface area contributed by atoms with E-state index in [0.717, 1.165) is 31.6 Å². The molecule has 0 bridgehead atoms. The lowest BCUT2D eigenvalue weighted by Gasteiger charge is -2.28. The molecular formula is C15H20N2O. The molecule has 0 aromatic heterocycles. The van der Waals surface area contributed by atoms with Crippen molar-refractivity contribution in [3.05, 3.63) is 35.9 Å². The highest BCUT2D eigenvalue weighted by atomic mass is 16.5. The second-order valence-corrected chi connectivity index (χ2v) is 4.90. The summed E-state index contributed by atoms with van der Waals surface area (Å²) in [5, 5.41) is 12.7. The van der Waals surface area contributed by atoms with Crippen molar-refractivity contribution >= 4 is 0 Å². The normalized spacial score (nSPS) is 25.3. The summed E-state index contributed by atoms with van der Waals surface area (Å²) in [6.45, 7) is 3.64. The Bertz CT molecular complexity index is 399. The molecule has 96 valence electrons. The van der Waals surface area contributed by atoms with Gasteiger partial charge in [0.05, 0.1) is 18.1 Å². The molecule has 1 aromatic rings. The summed E-state index contributed by atoms with van der Waals surface area (Å²) >= 11 is 0. The monoisotopic (exact) mass is 244 g/mol. The molecule has 18 heavy (non-hydrogen) atoms. The van der Waals surface area contributed by atoms with E-state index in [4.69, 9.17) is 4.74 Å². The molecule has 3 unspecified atom stereocenters. The molecule has 1 fully saturated rings. The van der Waals surface area contributed by atoms with Gasteiger partial charge in [0.1, 0.15) is 0 Å². The van der Waals surface area contributed by atoms with E-state index in [0.29, 0.717) is 12.1 Å². The maximum absolute atomic E-state index is 9.25. The van der Waals surface area contributed by atoms with Crippen LogP contribution in [-0.4, -0.2) is 25.3 Å². The Hall–Kier alpha value is -1.37. The molecule has 0 radical (unpaired) electrons. The highest BCUT2D eigenvalue weighted by molar-refractivity contribution is 5.25. The Morgan fingerprint density at radius 2 is 2.22 bits per heavy atom. The van der Waals surface area contributed by atoms with Crippen molar-refractivity contribution in [3.8, 4) is 6.07 Å². The van der Waals surface area contributed by atoms with Crippen LogP contribution in [0.5, 0.6) is 0 Å². The molecule has 1 N–H and O–H groups in total. The van der Waals surface area contributed by atoms with Crippen molar-refractivity contribution in [3.63, 3.8) is 0 Å². The zero-order valence-corrected chi connectivity index (χ0v) is 10.8. The Balaban J connectivity index is 1.86.